The number of hydrogen-bond donors (Lipinski definition) is 1. The van der Waals surface area contributed by atoms with Crippen molar-refractivity contribution in [1.29, 1.82) is 0 Å². The van der Waals surface area contributed by atoms with Crippen LogP contribution in [0.5, 0.6) is 0 Å². The van der Waals surface area contributed by atoms with Crippen molar-refractivity contribution in [1.82, 2.24) is 9.78 Å². The highest BCUT2D eigenvalue weighted by atomic mass is 16.5. The Morgan fingerprint density at radius 2 is 1.88 bits per heavy atom. The van der Waals surface area contributed by atoms with Gasteiger partial charge in [0.25, 0.3) is 5.91 Å². The summed E-state index contributed by atoms with van der Waals surface area (Å²) < 4.78 is 6.60. The molecule has 2 rings (SSSR count). The van der Waals surface area contributed by atoms with Crippen LogP contribution in [0.4, 0.5) is 5.69 Å². The van der Waals surface area contributed by atoms with Crippen LogP contribution in [0, 0.1) is 27.7 Å². The molecule has 0 spiro atoms. The third kappa shape index (κ3) is 3.18. The molecule has 1 amide bonds. The lowest BCUT2D eigenvalue weighted by molar-refractivity contribution is 0.0599. The smallest absolute Gasteiger partial charge is 0.338 e. The fraction of sp³-hybridized carbons (Fsp3) is 0.389. The average molecular weight is 329 g/mol. The summed E-state index contributed by atoms with van der Waals surface area (Å²) in [4.78, 5) is 24.5. The van der Waals surface area contributed by atoms with Crippen molar-refractivity contribution in [3.8, 4) is 0 Å². The molecule has 0 bridgehead atoms. The fourth-order valence-electron chi connectivity index (χ4n) is 2.78. The van der Waals surface area contributed by atoms with E-state index in [0.29, 0.717) is 29.1 Å². The van der Waals surface area contributed by atoms with E-state index in [2.05, 4.69) is 10.4 Å². The lowest BCUT2D eigenvalue weighted by Gasteiger charge is -2.12. The van der Waals surface area contributed by atoms with Gasteiger partial charge in [0.2, 0.25) is 0 Å². The zero-order chi connectivity index (χ0) is 18.0. The molecule has 24 heavy (non-hydrogen) atoms. The molecule has 0 radical (unpaired) electrons. The van der Waals surface area contributed by atoms with Gasteiger partial charge in [0.15, 0.2) is 0 Å². The van der Waals surface area contributed by atoms with Gasteiger partial charge in [0, 0.05) is 17.9 Å². The predicted molar refractivity (Wildman–Crippen MR) is 92.6 cm³/mol. The molecule has 0 atom stereocenters. The van der Waals surface area contributed by atoms with E-state index in [1.54, 1.807) is 10.7 Å². The maximum atomic E-state index is 12.7. The van der Waals surface area contributed by atoms with Gasteiger partial charge in [-0.25, -0.2) is 4.79 Å². The minimum atomic E-state index is -0.419. The summed E-state index contributed by atoms with van der Waals surface area (Å²) in [6.45, 7) is 10.1. The molecular weight excluding hydrogens is 306 g/mol. The Kier molecular flexibility index (Phi) is 5.07. The van der Waals surface area contributed by atoms with Crippen molar-refractivity contribution in [2.75, 3.05) is 12.4 Å². The Morgan fingerprint density at radius 3 is 2.42 bits per heavy atom. The van der Waals surface area contributed by atoms with Crippen molar-refractivity contribution in [3.05, 3.63) is 45.8 Å². The van der Waals surface area contributed by atoms with Crippen molar-refractivity contribution in [2.24, 2.45) is 0 Å². The highest BCUT2D eigenvalue weighted by Gasteiger charge is 2.19. The second-order valence-corrected chi connectivity index (χ2v) is 5.77. The maximum absolute atomic E-state index is 12.7. The molecule has 2 aromatic rings. The Labute approximate surface area is 141 Å². The van der Waals surface area contributed by atoms with E-state index in [-0.39, 0.29) is 5.91 Å². The van der Waals surface area contributed by atoms with Gasteiger partial charge < -0.3 is 10.1 Å². The van der Waals surface area contributed by atoms with Gasteiger partial charge in [-0.3, -0.25) is 9.48 Å². The topological polar surface area (TPSA) is 73.2 Å². The molecule has 0 aliphatic heterocycles. The second kappa shape index (κ2) is 6.86. The van der Waals surface area contributed by atoms with Crippen LogP contribution in [0.15, 0.2) is 12.1 Å². The summed E-state index contributed by atoms with van der Waals surface area (Å²) >= 11 is 0. The molecule has 1 N–H and O–H groups in total. The van der Waals surface area contributed by atoms with E-state index >= 15 is 0 Å². The number of anilines is 1. The van der Waals surface area contributed by atoms with Crippen molar-refractivity contribution in [3.63, 3.8) is 0 Å². The van der Waals surface area contributed by atoms with Crippen LogP contribution >= 0.6 is 0 Å². The summed E-state index contributed by atoms with van der Waals surface area (Å²) in [7, 11) is 1.34. The van der Waals surface area contributed by atoms with Crippen LogP contribution in [-0.2, 0) is 11.3 Å². The number of aryl methyl sites for hydroxylation is 3. The Bertz CT molecular complexity index is 806. The number of hydrogen-bond acceptors (Lipinski definition) is 4. The van der Waals surface area contributed by atoms with Crippen LogP contribution in [-0.4, -0.2) is 28.8 Å². The maximum Gasteiger partial charge on any atom is 0.338 e. The summed E-state index contributed by atoms with van der Waals surface area (Å²) in [6, 6.07) is 3.48. The van der Waals surface area contributed by atoms with Crippen LogP contribution in [0.1, 0.15) is 50.2 Å². The molecule has 0 aliphatic carbocycles. The first kappa shape index (κ1) is 17.7. The van der Waals surface area contributed by atoms with E-state index in [9.17, 15) is 9.59 Å². The predicted octanol–water partition coefficient (Wildman–Crippen LogP) is 3.18. The quantitative estimate of drug-likeness (QED) is 0.874. The molecule has 128 valence electrons. The highest BCUT2D eigenvalue weighted by Crippen LogP contribution is 2.22. The highest BCUT2D eigenvalue weighted by molar-refractivity contribution is 6.06. The van der Waals surface area contributed by atoms with Crippen molar-refractivity contribution in [2.45, 2.75) is 41.2 Å². The van der Waals surface area contributed by atoms with Gasteiger partial charge in [-0.15, -0.1) is 0 Å². The number of carbonyl (C=O) groups is 2. The fourth-order valence-corrected chi connectivity index (χ4v) is 2.78. The molecule has 6 nitrogen and oxygen atoms in total. The third-order valence-electron chi connectivity index (χ3n) is 4.24. The molecule has 0 saturated carbocycles. The van der Waals surface area contributed by atoms with Crippen molar-refractivity contribution < 1.29 is 14.3 Å². The standard InChI is InChI=1S/C18H23N3O3/c1-7-21-13(5)16(12(4)20-21)17(22)19-14-8-10(2)11(3)15(9-14)18(23)24-6/h8-9H,7H2,1-6H3,(H,19,22). The van der Waals surface area contributed by atoms with Gasteiger partial charge >= 0.3 is 5.97 Å². The van der Waals surface area contributed by atoms with E-state index in [1.165, 1.54) is 7.11 Å². The zero-order valence-electron chi connectivity index (χ0n) is 15.0. The Hall–Kier alpha value is -2.63. The number of amides is 1. The van der Waals surface area contributed by atoms with Gasteiger partial charge in [0.05, 0.1) is 23.9 Å². The number of benzene rings is 1. The van der Waals surface area contributed by atoms with Gasteiger partial charge in [-0.2, -0.15) is 5.10 Å². The number of rotatable bonds is 4. The van der Waals surface area contributed by atoms with Gasteiger partial charge in [-0.05, 0) is 57.9 Å². The number of esters is 1. The number of aromatic nitrogens is 2. The Morgan fingerprint density at radius 1 is 1.21 bits per heavy atom. The first-order chi connectivity index (χ1) is 11.3. The van der Waals surface area contributed by atoms with Crippen LogP contribution in [0.3, 0.4) is 0 Å². The van der Waals surface area contributed by atoms with Crippen LogP contribution < -0.4 is 5.32 Å². The SMILES string of the molecule is CCn1nc(C)c(C(=O)Nc2cc(C)c(C)c(C(=O)OC)c2)c1C. The summed E-state index contributed by atoms with van der Waals surface area (Å²) in [5, 5.41) is 7.23. The lowest BCUT2D eigenvalue weighted by Crippen LogP contribution is -2.15. The van der Waals surface area contributed by atoms with E-state index in [1.807, 2.05) is 40.7 Å². The first-order valence-corrected chi connectivity index (χ1v) is 7.85. The zero-order valence-corrected chi connectivity index (χ0v) is 15.0. The molecule has 1 aromatic heterocycles. The van der Waals surface area contributed by atoms with Gasteiger partial charge in [-0.1, -0.05) is 0 Å². The third-order valence-corrected chi connectivity index (χ3v) is 4.24. The number of nitrogens with one attached hydrogen (secondary N) is 1. The molecule has 1 heterocycles. The molecule has 0 fully saturated rings. The van der Waals surface area contributed by atoms with Crippen LogP contribution in [0.2, 0.25) is 0 Å². The molecule has 6 heteroatoms. The lowest BCUT2D eigenvalue weighted by atomic mass is 10.0. The summed E-state index contributed by atoms with van der Waals surface area (Å²) in [5.41, 5.74) is 4.83. The van der Waals surface area contributed by atoms with E-state index in [0.717, 1.165) is 16.8 Å². The Balaban J connectivity index is 2.38. The summed E-state index contributed by atoms with van der Waals surface area (Å²) in [5.74, 6) is -0.651. The summed E-state index contributed by atoms with van der Waals surface area (Å²) in [6.07, 6.45) is 0. The minimum Gasteiger partial charge on any atom is -0.465 e. The second-order valence-electron chi connectivity index (χ2n) is 5.77. The monoisotopic (exact) mass is 329 g/mol. The van der Waals surface area contributed by atoms with E-state index < -0.39 is 5.97 Å². The molecular formula is C18H23N3O3. The minimum absolute atomic E-state index is 0.233. The van der Waals surface area contributed by atoms with Crippen molar-refractivity contribution >= 4 is 17.6 Å². The number of ether oxygens (including phenoxy) is 1. The molecule has 0 unspecified atom stereocenters. The first-order valence-electron chi connectivity index (χ1n) is 7.85. The largest absolute Gasteiger partial charge is 0.465 e. The molecule has 0 aliphatic rings. The number of methoxy groups -OCH3 is 1. The average Bonchev–Trinajstić information content (AvgIpc) is 2.83. The normalized spacial score (nSPS) is 10.6. The van der Waals surface area contributed by atoms with Crippen LogP contribution in [0.25, 0.3) is 0 Å². The van der Waals surface area contributed by atoms with Gasteiger partial charge in [0.1, 0.15) is 0 Å². The molecule has 1 aromatic carbocycles. The van der Waals surface area contributed by atoms with E-state index in [4.69, 9.17) is 4.74 Å². The number of nitrogens with zero attached hydrogens (tertiary/aromatic N) is 2. The number of carbonyl (C=O) groups excluding carboxylic acids is 2. The molecule has 0 saturated heterocycles.